The minimum absolute atomic E-state index is 0.308. The predicted octanol–water partition coefficient (Wildman–Crippen LogP) is 0.980. The van der Waals surface area contributed by atoms with Crippen LogP contribution in [0.2, 0.25) is 0 Å². The van der Waals surface area contributed by atoms with Crippen LogP contribution in [-0.4, -0.2) is 24.1 Å². The number of carboxylic acid groups (broad SMARTS) is 1. The van der Waals surface area contributed by atoms with Gasteiger partial charge in [0, 0.05) is 6.07 Å². The summed E-state index contributed by atoms with van der Waals surface area (Å²) >= 11 is 0. The van der Waals surface area contributed by atoms with Crippen molar-refractivity contribution in [1.29, 1.82) is 5.26 Å². The Hall–Kier alpha value is -2.55. The van der Waals surface area contributed by atoms with Gasteiger partial charge in [-0.05, 0) is 12.1 Å². The zero-order valence-electron chi connectivity index (χ0n) is 9.06. The normalized spacial score (nSPS) is 9.18. The van der Waals surface area contributed by atoms with Crippen LogP contribution >= 0.6 is 0 Å². The van der Waals surface area contributed by atoms with Crippen molar-refractivity contribution < 1.29 is 19.4 Å². The molecule has 6 heteroatoms. The minimum Gasteiger partial charge on any atom is -0.495 e. The second-order valence-electron chi connectivity index (χ2n) is 3.15. The number of nitrogens with one attached hydrogen (secondary N) is 1. The molecule has 0 aliphatic rings. The number of aliphatic carboxylic acids is 1. The summed E-state index contributed by atoms with van der Waals surface area (Å²) in [6, 6.07) is 6.36. The maximum atomic E-state index is 11.2. The van der Waals surface area contributed by atoms with Gasteiger partial charge in [-0.3, -0.25) is 9.59 Å². The number of methoxy groups -OCH3 is 1. The fraction of sp³-hybridized carbons (Fsp3) is 0.182. The van der Waals surface area contributed by atoms with Gasteiger partial charge in [-0.1, -0.05) is 0 Å². The first-order chi connectivity index (χ1) is 8.06. The van der Waals surface area contributed by atoms with Crippen molar-refractivity contribution in [2.24, 2.45) is 0 Å². The van der Waals surface area contributed by atoms with Crippen LogP contribution in [0.4, 0.5) is 5.69 Å². The number of rotatable bonds is 4. The summed E-state index contributed by atoms with van der Waals surface area (Å²) in [5.41, 5.74) is 0.718. The van der Waals surface area contributed by atoms with Crippen LogP contribution in [0, 0.1) is 11.3 Å². The van der Waals surface area contributed by atoms with E-state index in [4.69, 9.17) is 15.1 Å². The lowest BCUT2D eigenvalue weighted by atomic mass is 10.2. The average molecular weight is 234 g/mol. The number of amides is 1. The van der Waals surface area contributed by atoms with E-state index in [-0.39, 0.29) is 0 Å². The van der Waals surface area contributed by atoms with Crippen LogP contribution in [-0.2, 0) is 9.59 Å². The first kappa shape index (κ1) is 12.5. The first-order valence-electron chi connectivity index (χ1n) is 4.66. The molecule has 0 aliphatic heterocycles. The van der Waals surface area contributed by atoms with Crippen LogP contribution in [0.1, 0.15) is 12.0 Å². The monoisotopic (exact) mass is 234 g/mol. The van der Waals surface area contributed by atoms with Gasteiger partial charge in [0.1, 0.15) is 12.2 Å². The van der Waals surface area contributed by atoms with Crippen molar-refractivity contribution in [3.63, 3.8) is 0 Å². The average Bonchev–Trinajstić information content (AvgIpc) is 2.28. The van der Waals surface area contributed by atoms with Crippen LogP contribution in [0.25, 0.3) is 0 Å². The minimum atomic E-state index is -1.21. The first-order valence-corrected chi connectivity index (χ1v) is 4.66. The molecule has 0 radical (unpaired) electrons. The van der Waals surface area contributed by atoms with Gasteiger partial charge in [-0.2, -0.15) is 5.26 Å². The van der Waals surface area contributed by atoms with Crippen LogP contribution in [0.5, 0.6) is 5.75 Å². The van der Waals surface area contributed by atoms with E-state index < -0.39 is 18.3 Å². The molecule has 1 amide bonds. The van der Waals surface area contributed by atoms with Crippen LogP contribution in [0.15, 0.2) is 18.2 Å². The maximum absolute atomic E-state index is 11.2. The van der Waals surface area contributed by atoms with Gasteiger partial charge in [0.25, 0.3) is 0 Å². The highest BCUT2D eigenvalue weighted by Gasteiger charge is 2.11. The largest absolute Gasteiger partial charge is 0.495 e. The third-order valence-corrected chi connectivity index (χ3v) is 1.92. The van der Waals surface area contributed by atoms with E-state index in [1.807, 2.05) is 6.07 Å². The molecule has 0 spiro atoms. The Morgan fingerprint density at radius 1 is 1.53 bits per heavy atom. The Morgan fingerprint density at radius 2 is 2.24 bits per heavy atom. The lowest BCUT2D eigenvalue weighted by Crippen LogP contribution is -2.16. The summed E-state index contributed by atoms with van der Waals surface area (Å²) in [7, 11) is 1.39. The summed E-state index contributed by atoms with van der Waals surface area (Å²) in [5.74, 6) is -1.56. The van der Waals surface area contributed by atoms with E-state index in [1.54, 1.807) is 0 Å². The van der Waals surface area contributed by atoms with Crippen molar-refractivity contribution >= 4 is 17.6 Å². The van der Waals surface area contributed by atoms with E-state index in [1.165, 1.54) is 25.3 Å². The molecular formula is C11H10N2O4. The highest BCUT2D eigenvalue weighted by molar-refractivity contribution is 6.02. The van der Waals surface area contributed by atoms with Crippen molar-refractivity contribution in [1.82, 2.24) is 0 Å². The molecule has 0 saturated heterocycles. The molecule has 1 aromatic rings. The molecule has 1 aromatic carbocycles. The highest BCUT2D eigenvalue weighted by atomic mass is 16.5. The second-order valence-corrected chi connectivity index (χ2v) is 3.15. The Morgan fingerprint density at radius 3 is 2.76 bits per heavy atom. The van der Waals surface area contributed by atoms with Crippen molar-refractivity contribution in [3.05, 3.63) is 23.8 Å². The van der Waals surface area contributed by atoms with Crippen LogP contribution < -0.4 is 10.1 Å². The molecule has 0 heterocycles. The lowest BCUT2D eigenvalue weighted by Gasteiger charge is -2.09. The van der Waals surface area contributed by atoms with Gasteiger partial charge in [0.2, 0.25) is 5.91 Å². The van der Waals surface area contributed by atoms with E-state index in [2.05, 4.69) is 5.32 Å². The van der Waals surface area contributed by atoms with Gasteiger partial charge in [0.15, 0.2) is 0 Å². The summed E-state index contributed by atoms with van der Waals surface area (Å²) in [6.07, 6.45) is -0.622. The number of benzene rings is 1. The smallest absolute Gasteiger partial charge is 0.312 e. The standard InChI is InChI=1S/C11H10N2O4/c1-17-9-4-7(6-12)2-3-8(9)13-10(14)5-11(15)16/h2-4H,5H2,1H3,(H,13,14)(H,15,16). The Labute approximate surface area is 97.4 Å². The molecule has 0 bridgehead atoms. The molecule has 0 fully saturated rings. The summed E-state index contributed by atoms with van der Waals surface area (Å²) < 4.78 is 4.98. The number of carboxylic acids is 1. The molecule has 0 saturated carbocycles. The van der Waals surface area contributed by atoms with Gasteiger partial charge in [-0.25, -0.2) is 0 Å². The molecule has 17 heavy (non-hydrogen) atoms. The van der Waals surface area contributed by atoms with E-state index in [0.29, 0.717) is 17.0 Å². The number of ether oxygens (including phenoxy) is 1. The molecule has 0 aromatic heterocycles. The summed E-state index contributed by atoms with van der Waals surface area (Å²) in [6.45, 7) is 0. The van der Waals surface area contributed by atoms with E-state index >= 15 is 0 Å². The number of hydrogen-bond donors (Lipinski definition) is 2. The SMILES string of the molecule is COc1cc(C#N)ccc1NC(=O)CC(=O)O. The number of nitrogens with zero attached hydrogens (tertiary/aromatic N) is 1. The van der Waals surface area contributed by atoms with Crippen LogP contribution in [0.3, 0.4) is 0 Å². The fourth-order valence-electron chi connectivity index (χ4n) is 1.20. The topological polar surface area (TPSA) is 99.4 Å². The van der Waals surface area contributed by atoms with Crippen molar-refractivity contribution in [2.75, 3.05) is 12.4 Å². The third-order valence-electron chi connectivity index (χ3n) is 1.92. The van der Waals surface area contributed by atoms with Crippen molar-refractivity contribution in [3.8, 4) is 11.8 Å². The van der Waals surface area contributed by atoms with E-state index in [9.17, 15) is 9.59 Å². The molecule has 0 aliphatic carbocycles. The Bertz CT molecular complexity index is 491. The third kappa shape index (κ3) is 3.50. The van der Waals surface area contributed by atoms with Gasteiger partial charge >= 0.3 is 5.97 Å². The number of hydrogen-bond acceptors (Lipinski definition) is 4. The Kier molecular flexibility index (Phi) is 4.06. The molecule has 6 nitrogen and oxygen atoms in total. The molecule has 2 N–H and O–H groups in total. The molecule has 0 unspecified atom stereocenters. The van der Waals surface area contributed by atoms with Gasteiger partial charge in [-0.15, -0.1) is 0 Å². The van der Waals surface area contributed by atoms with Gasteiger partial charge < -0.3 is 15.2 Å². The quantitative estimate of drug-likeness (QED) is 0.756. The number of anilines is 1. The zero-order valence-corrected chi connectivity index (χ0v) is 9.06. The molecule has 0 atom stereocenters. The van der Waals surface area contributed by atoms with Crippen molar-refractivity contribution in [2.45, 2.75) is 6.42 Å². The number of carbonyl (C=O) groups excluding carboxylic acids is 1. The zero-order chi connectivity index (χ0) is 12.8. The highest BCUT2D eigenvalue weighted by Crippen LogP contribution is 2.25. The lowest BCUT2D eigenvalue weighted by molar-refractivity contribution is -0.139. The van der Waals surface area contributed by atoms with E-state index in [0.717, 1.165) is 0 Å². The molecular weight excluding hydrogens is 224 g/mol. The molecule has 1 rings (SSSR count). The second kappa shape index (κ2) is 5.51. The summed E-state index contributed by atoms with van der Waals surface area (Å²) in [5, 5.41) is 19.5. The number of nitriles is 1. The summed E-state index contributed by atoms with van der Waals surface area (Å²) in [4.78, 5) is 21.6. The Balaban J connectivity index is 2.88. The fourth-order valence-corrected chi connectivity index (χ4v) is 1.20. The number of carbonyl (C=O) groups is 2. The van der Waals surface area contributed by atoms with Gasteiger partial charge in [0.05, 0.1) is 24.4 Å². The predicted molar refractivity (Wildman–Crippen MR) is 58.6 cm³/mol. The molecule has 88 valence electrons. The maximum Gasteiger partial charge on any atom is 0.312 e.